The van der Waals surface area contributed by atoms with Crippen LogP contribution in [0.1, 0.15) is 54.9 Å². The lowest BCUT2D eigenvalue weighted by atomic mass is 9.78. The van der Waals surface area contributed by atoms with Gasteiger partial charge in [0.05, 0.1) is 5.75 Å². The smallest absolute Gasteiger partial charge is 0.173 e. The van der Waals surface area contributed by atoms with Crippen LogP contribution in [0, 0.1) is 5.92 Å². The fraction of sp³-hybridized carbons (Fsp3) is 0.562. The maximum absolute atomic E-state index is 12.3. The quantitative estimate of drug-likeness (QED) is 0.701. The molecule has 98 valence electrons. The number of hydrogen-bond donors (Lipinski definition) is 0. The zero-order valence-electron chi connectivity index (χ0n) is 11.3. The molecule has 0 unspecified atom stereocenters. The number of ketones is 1. The predicted molar refractivity (Wildman–Crippen MR) is 79.5 cm³/mol. The van der Waals surface area contributed by atoms with E-state index in [2.05, 4.69) is 26.0 Å². The Morgan fingerprint density at radius 1 is 1.33 bits per heavy atom. The van der Waals surface area contributed by atoms with E-state index >= 15 is 0 Å². The maximum Gasteiger partial charge on any atom is 0.173 e. The van der Waals surface area contributed by atoms with Crippen LogP contribution in [0.5, 0.6) is 0 Å². The number of Topliss-reactive ketones (excluding diaryl/α,β-unsaturated/α-hetero) is 1. The molecule has 0 heterocycles. The SMILES string of the molecule is CC(C)CSCC(=O)c1ccccc1C1CCC1. The number of rotatable bonds is 6. The first-order chi connectivity index (χ1) is 8.68. The van der Waals surface area contributed by atoms with Crippen molar-refractivity contribution in [2.45, 2.75) is 39.0 Å². The summed E-state index contributed by atoms with van der Waals surface area (Å²) in [7, 11) is 0. The van der Waals surface area contributed by atoms with Gasteiger partial charge in [0.15, 0.2) is 5.78 Å². The Balaban J connectivity index is 2.00. The van der Waals surface area contributed by atoms with E-state index in [1.54, 1.807) is 11.8 Å². The van der Waals surface area contributed by atoms with E-state index in [0.717, 1.165) is 11.3 Å². The molecule has 0 aliphatic heterocycles. The van der Waals surface area contributed by atoms with Crippen molar-refractivity contribution >= 4 is 17.5 Å². The Morgan fingerprint density at radius 2 is 2.06 bits per heavy atom. The molecule has 1 aromatic rings. The molecule has 0 saturated heterocycles. The van der Waals surface area contributed by atoms with Crippen LogP contribution in [-0.2, 0) is 0 Å². The van der Waals surface area contributed by atoms with E-state index in [4.69, 9.17) is 0 Å². The molecule has 0 N–H and O–H groups in total. The lowest BCUT2D eigenvalue weighted by molar-refractivity contribution is 0.102. The van der Waals surface area contributed by atoms with Gasteiger partial charge in [0.2, 0.25) is 0 Å². The van der Waals surface area contributed by atoms with Crippen LogP contribution in [0.2, 0.25) is 0 Å². The van der Waals surface area contributed by atoms with Gasteiger partial charge in [-0.1, -0.05) is 44.5 Å². The van der Waals surface area contributed by atoms with Crippen molar-refractivity contribution in [3.05, 3.63) is 35.4 Å². The number of hydrogen-bond acceptors (Lipinski definition) is 2. The third-order valence-electron chi connectivity index (χ3n) is 3.49. The Morgan fingerprint density at radius 3 is 2.67 bits per heavy atom. The third-order valence-corrected chi connectivity index (χ3v) is 4.86. The monoisotopic (exact) mass is 262 g/mol. The van der Waals surface area contributed by atoms with Gasteiger partial charge in [-0.3, -0.25) is 4.79 Å². The van der Waals surface area contributed by atoms with E-state index in [0.29, 0.717) is 23.4 Å². The van der Waals surface area contributed by atoms with Gasteiger partial charge < -0.3 is 0 Å². The summed E-state index contributed by atoms with van der Waals surface area (Å²) >= 11 is 1.76. The molecule has 0 radical (unpaired) electrons. The second kappa shape index (κ2) is 6.42. The second-order valence-electron chi connectivity index (χ2n) is 5.55. The summed E-state index contributed by atoms with van der Waals surface area (Å²) in [5, 5.41) is 0. The highest BCUT2D eigenvalue weighted by Crippen LogP contribution is 2.38. The minimum atomic E-state index is 0.308. The largest absolute Gasteiger partial charge is 0.293 e. The molecule has 1 nitrogen and oxygen atoms in total. The van der Waals surface area contributed by atoms with Gasteiger partial charge in [-0.05, 0) is 36.0 Å². The molecular weight excluding hydrogens is 240 g/mol. The molecule has 0 amide bonds. The molecule has 0 spiro atoms. The summed E-state index contributed by atoms with van der Waals surface area (Å²) < 4.78 is 0. The summed E-state index contributed by atoms with van der Waals surface area (Å²) in [5.41, 5.74) is 2.26. The average molecular weight is 262 g/mol. The van der Waals surface area contributed by atoms with Crippen molar-refractivity contribution in [1.29, 1.82) is 0 Å². The average Bonchev–Trinajstić information content (AvgIpc) is 2.27. The van der Waals surface area contributed by atoms with Crippen molar-refractivity contribution < 1.29 is 4.79 Å². The van der Waals surface area contributed by atoms with Crippen LogP contribution in [0.4, 0.5) is 0 Å². The summed E-state index contributed by atoms with van der Waals surface area (Å²) in [6.45, 7) is 4.39. The van der Waals surface area contributed by atoms with Gasteiger partial charge >= 0.3 is 0 Å². The molecule has 2 heteroatoms. The van der Waals surface area contributed by atoms with Gasteiger partial charge in [0, 0.05) is 5.56 Å². The van der Waals surface area contributed by atoms with Crippen LogP contribution in [0.3, 0.4) is 0 Å². The Kier molecular flexibility index (Phi) is 4.87. The van der Waals surface area contributed by atoms with Crippen molar-refractivity contribution in [2.24, 2.45) is 5.92 Å². The first-order valence-electron chi connectivity index (χ1n) is 6.88. The first-order valence-corrected chi connectivity index (χ1v) is 8.04. The highest BCUT2D eigenvalue weighted by molar-refractivity contribution is 7.99. The molecule has 18 heavy (non-hydrogen) atoms. The first kappa shape index (κ1) is 13.7. The topological polar surface area (TPSA) is 17.1 Å². The van der Waals surface area contributed by atoms with E-state index < -0.39 is 0 Å². The molecule has 1 fully saturated rings. The predicted octanol–water partition coefficient (Wildman–Crippen LogP) is 4.53. The van der Waals surface area contributed by atoms with Crippen molar-refractivity contribution in [1.82, 2.24) is 0 Å². The van der Waals surface area contributed by atoms with Gasteiger partial charge in [-0.25, -0.2) is 0 Å². The van der Waals surface area contributed by atoms with Crippen molar-refractivity contribution in [2.75, 3.05) is 11.5 Å². The number of thioether (sulfide) groups is 1. The van der Waals surface area contributed by atoms with E-state index in [9.17, 15) is 4.79 Å². The van der Waals surface area contributed by atoms with Crippen LogP contribution in [-0.4, -0.2) is 17.3 Å². The molecular formula is C16H22OS. The summed E-state index contributed by atoms with van der Waals surface area (Å²) in [4.78, 5) is 12.3. The van der Waals surface area contributed by atoms with Gasteiger partial charge in [0.25, 0.3) is 0 Å². The lowest BCUT2D eigenvalue weighted by Gasteiger charge is -2.27. The number of benzene rings is 1. The van der Waals surface area contributed by atoms with Crippen LogP contribution >= 0.6 is 11.8 Å². The van der Waals surface area contributed by atoms with E-state index in [-0.39, 0.29) is 0 Å². The highest BCUT2D eigenvalue weighted by atomic mass is 32.2. The minimum absolute atomic E-state index is 0.308. The van der Waals surface area contributed by atoms with E-state index in [1.165, 1.54) is 24.8 Å². The fourth-order valence-electron chi connectivity index (χ4n) is 2.29. The fourth-order valence-corrected chi connectivity index (χ4v) is 3.22. The normalized spacial score (nSPS) is 15.7. The lowest BCUT2D eigenvalue weighted by Crippen LogP contribution is -2.15. The third kappa shape index (κ3) is 3.38. The summed E-state index contributed by atoms with van der Waals surface area (Å²) in [5.74, 6) is 3.30. The molecule has 1 aliphatic rings. The molecule has 2 rings (SSSR count). The maximum atomic E-state index is 12.3. The Labute approximate surface area is 114 Å². The molecule has 1 aliphatic carbocycles. The zero-order chi connectivity index (χ0) is 13.0. The number of carbonyl (C=O) groups excluding carboxylic acids is 1. The van der Waals surface area contributed by atoms with Crippen molar-refractivity contribution in [3.63, 3.8) is 0 Å². The van der Waals surface area contributed by atoms with Gasteiger partial charge in [-0.15, -0.1) is 0 Å². The number of carbonyl (C=O) groups is 1. The minimum Gasteiger partial charge on any atom is -0.293 e. The standard InChI is InChI=1S/C16H22OS/c1-12(2)10-18-11-16(17)15-9-4-3-8-14(15)13-6-5-7-13/h3-4,8-9,12-13H,5-7,10-11H2,1-2H3. The van der Waals surface area contributed by atoms with Crippen LogP contribution in [0.25, 0.3) is 0 Å². The second-order valence-corrected chi connectivity index (χ2v) is 6.58. The van der Waals surface area contributed by atoms with Crippen molar-refractivity contribution in [3.8, 4) is 0 Å². The summed E-state index contributed by atoms with van der Waals surface area (Å²) in [6.07, 6.45) is 3.82. The summed E-state index contributed by atoms with van der Waals surface area (Å²) in [6, 6.07) is 8.20. The van der Waals surface area contributed by atoms with Gasteiger partial charge in [-0.2, -0.15) is 11.8 Å². The Bertz CT molecular complexity index is 407. The molecule has 0 aromatic heterocycles. The van der Waals surface area contributed by atoms with Crippen LogP contribution in [0.15, 0.2) is 24.3 Å². The molecule has 1 aromatic carbocycles. The molecule has 0 bridgehead atoms. The van der Waals surface area contributed by atoms with E-state index in [1.807, 2.05) is 12.1 Å². The Hall–Kier alpha value is -0.760. The van der Waals surface area contributed by atoms with Crippen LogP contribution < -0.4 is 0 Å². The molecule has 1 saturated carbocycles. The van der Waals surface area contributed by atoms with Gasteiger partial charge in [0.1, 0.15) is 0 Å². The highest BCUT2D eigenvalue weighted by Gasteiger charge is 2.23. The zero-order valence-corrected chi connectivity index (χ0v) is 12.1. The molecule has 0 atom stereocenters.